The Morgan fingerprint density at radius 1 is 1.56 bits per heavy atom. The van der Waals surface area contributed by atoms with Gasteiger partial charge in [-0.1, -0.05) is 11.6 Å². The van der Waals surface area contributed by atoms with Gasteiger partial charge in [-0.15, -0.1) is 0 Å². The number of rotatable bonds is 1. The first-order chi connectivity index (χ1) is 7.56. The fraction of sp³-hybridized carbons (Fsp3) is 0.182. The number of carbonyl (C=O) groups excluding carboxylic acids is 1. The van der Waals surface area contributed by atoms with Crippen LogP contribution in [0.2, 0.25) is 5.02 Å². The van der Waals surface area contributed by atoms with Crippen LogP contribution < -0.4 is 0 Å². The van der Waals surface area contributed by atoms with Gasteiger partial charge in [0.05, 0.1) is 23.2 Å². The number of aromatic nitrogens is 1. The molecule has 0 bridgehead atoms. The van der Waals surface area contributed by atoms with Crippen LogP contribution in [0.25, 0.3) is 10.9 Å². The van der Waals surface area contributed by atoms with E-state index >= 15 is 0 Å². The van der Waals surface area contributed by atoms with Crippen molar-refractivity contribution in [1.29, 1.82) is 0 Å². The lowest BCUT2D eigenvalue weighted by atomic mass is 10.1. The van der Waals surface area contributed by atoms with Crippen molar-refractivity contribution in [2.75, 3.05) is 7.11 Å². The van der Waals surface area contributed by atoms with E-state index in [1.807, 2.05) is 6.92 Å². The Morgan fingerprint density at radius 3 is 2.88 bits per heavy atom. The highest BCUT2D eigenvalue weighted by molar-refractivity contribution is 9.10. The van der Waals surface area contributed by atoms with E-state index < -0.39 is 5.97 Å². The molecular weight excluding hydrogens is 293 g/mol. The van der Waals surface area contributed by atoms with E-state index in [2.05, 4.69) is 25.7 Å². The highest BCUT2D eigenvalue weighted by Crippen LogP contribution is 2.35. The normalized spacial score (nSPS) is 10.8. The number of aromatic amines is 1. The number of carbonyl (C=O) groups is 1. The third-order valence-corrected chi connectivity index (χ3v) is 3.47. The van der Waals surface area contributed by atoms with Crippen molar-refractivity contribution in [2.24, 2.45) is 0 Å². The monoisotopic (exact) mass is 301 g/mol. The number of esters is 1. The predicted molar refractivity (Wildman–Crippen MR) is 67.1 cm³/mol. The van der Waals surface area contributed by atoms with Gasteiger partial charge in [-0.2, -0.15) is 0 Å². The van der Waals surface area contributed by atoms with Crippen LogP contribution in [-0.4, -0.2) is 18.1 Å². The van der Waals surface area contributed by atoms with Gasteiger partial charge in [0.15, 0.2) is 0 Å². The Morgan fingerprint density at radius 2 is 2.25 bits per heavy atom. The summed E-state index contributed by atoms with van der Waals surface area (Å²) in [6.07, 6.45) is 1.80. The van der Waals surface area contributed by atoms with E-state index in [9.17, 15) is 4.79 Å². The molecule has 1 heterocycles. The van der Waals surface area contributed by atoms with Crippen molar-refractivity contribution >= 4 is 44.4 Å². The van der Waals surface area contributed by atoms with Crippen LogP contribution in [0.15, 0.2) is 16.7 Å². The standard InChI is InChI=1S/C11H9BrClNO2/c1-5-3-6(11(15)16-2)9(13)8-7(12)4-14-10(5)8/h3-4,14H,1-2H3. The first-order valence-corrected chi connectivity index (χ1v) is 5.77. The maximum atomic E-state index is 11.5. The highest BCUT2D eigenvalue weighted by atomic mass is 79.9. The number of hydrogen-bond acceptors (Lipinski definition) is 2. The van der Waals surface area contributed by atoms with E-state index in [0.29, 0.717) is 10.6 Å². The lowest BCUT2D eigenvalue weighted by Gasteiger charge is -2.06. The van der Waals surface area contributed by atoms with E-state index in [1.165, 1.54) is 7.11 Å². The topological polar surface area (TPSA) is 42.1 Å². The molecule has 0 aliphatic carbocycles. The number of fused-ring (bicyclic) bond motifs is 1. The van der Waals surface area contributed by atoms with Crippen LogP contribution in [0.4, 0.5) is 0 Å². The van der Waals surface area contributed by atoms with Gasteiger partial charge >= 0.3 is 5.97 Å². The molecule has 0 radical (unpaired) electrons. The molecule has 0 saturated heterocycles. The second-order valence-corrected chi connectivity index (χ2v) is 4.67. The van der Waals surface area contributed by atoms with E-state index in [4.69, 9.17) is 11.6 Å². The molecule has 0 aliphatic heterocycles. The number of H-pyrrole nitrogens is 1. The van der Waals surface area contributed by atoms with Crippen LogP contribution in [0, 0.1) is 6.92 Å². The van der Waals surface area contributed by atoms with Gasteiger partial charge in [0.25, 0.3) is 0 Å². The molecule has 0 spiro atoms. The fourth-order valence-corrected chi connectivity index (χ4v) is 2.62. The molecule has 0 fully saturated rings. The molecule has 0 unspecified atom stereocenters. The van der Waals surface area contributed by atoms with E-state index in [1.54, 1.807) is 12.3 Å². The summed E-state index contributed by atoms with van der Waals surface area (Å²) in [6.45, 7) is 1.91. The maximum absolute atomic E-state index is 11.5. The summed E-state index contributed by atoms with van der Waals surface area (Å²) >= 11 is 9.57. The molecule has 84 valence electrons. The Kier molecular flexibility index (Phi) is 2.95. The second kappa shape index (κ2) is 4.11. The number of halogens is 2. The largest absolute Gasteiger partial charge is 0.465 e. The lowest BCUT2D eigenvalue weighted by Crippen LogP contribution is -2.03. The van der Waals surface area contributed by atoms with E-state index in [-0.39, 0.29) is 0 Å². The maximum Gasteiger partial charge on any atom is 0.339 e. The Labute approximate surface area is 106 Å². The van der Waals surface area contributed by atoms with Crippen LogP contribution in [0.1, 0.15) is 15.9 Å². The Balaban J connectivity index is 2.83. The van der Waals surface area contributed by atoms with Gasteiger partial charge < -0.3 is 9.72 Å². The van der Waals surface area contributed by atoms with Crippen molar-refractivity contribution in [2.45, 2.75) is 6.92 Å². The zero-order chi connectivity index (χ0) is 11.9. The molecule has 1 aromatic heterocycles. The SMILES string of the molecule is COC(=O)c1cc(C)c2[nH]cc(Br)c2c1Cl. The molecule has 2 rings (SSSR count). The summed E-state index contributed by atoms with van der Waals surface area (Å²) in [7, 11) is 1.34. The number of benzene rings is 1. The van der Waals surface area contributed by atoms with Gasteiger partial charge in [0.1, 0.15) is 0 Å². The zero-order valence-electron chi connectivity index (χ0n) is 8.73. The zero-order valence-corrected chi connectivity index (χ0v) is 11.1. The average Bonchev–Trinajstić information content (AvgIpc) is 2.65. The molecule has 16 heavy (non-hydrogen) atoms. The van der Waals surface area contributed by atoms with Crippen molar-refractivity contribution in [3.8, 4) is 0 Å². The van der Waals surface area contributed by atoms with Crippen LogP contribution in [0.5, 0.6) is 0 Å². The number of aryl methyl sites for hydroxylation is 1. The number of methoxy groups -OCH3 is 1. The molecule has 0 saturated carbocycles. The fourth-order valence-electron chi connectivity index (χ4n) is 1.67. The summed E-state index contributed by atoms with van der Waals surface area (Å²) in [5.41, 5.74) is 2.25. The molecule has 0 aliphatic rings. The first-order valence-electron chi connectivity index (χ1n) is 4.60. The summed E-state index contributed by atoms with van der Waals surface area (Å²) in [6, 6.07) is 1.72. The molecule has 5 heteroatoms. The minimum Gasteiger partial charge on any atom is -0.465 e. The molecule has 2 aromatic rings. The highest BCUT2D eigenvalue weighted by Gasteiger charge is 2.17. The molecular formula is C11H9BrClNO2. The predicted octanol–water partition coefficient (Wildman–Crippen LogP) is 3.68. The molecule has 0 amide bonds. The van der Waals surface area contributed by atoms with Crippen LogP contribution >= 0.6 is 27.5 Å². The van der Waals surface area contributed by atoms with Gasteiger partial charge in [0, 0.05) is 16.1 Å². The van der Waals surface area contributed by atoms with Crippen molar-refractivity contribution < 1.29 is 9.53 Å². The molecule has 3 nitrogen and oxygen atoms in total. The third-order valence-electron chi connectivity index (χ3n) is 2.45. The Hall–Kier alpha value is -1.000. The molecule has 1 aromatic carbocycles. The summed E-state index contributed by atoms with van der Waals surface area (Å²) in [5, 5.41) is 1.21. The van der Waals surface area contributed by atoms with Gasteiger partial charge in [-0.25, -0.2) is 4.79 Å². The molecule has 0 atom stereocenters. The number of ether oxygens (including phenoxy) is 1. The summed E-state index contributed by atoms with van der Waals surface area (Å²) in [4.78, 5) is 14.6. The Bertz CT molecular complexity index is 577. The average molecular weight is 303 g/mol. The minimum absolute atomic E-state index is 0.384. The van der Waals surface area contributed by atoms with Gasteiger partial charge in [-0.05, 0) is 34.5 Å². The summed E-state index contributed by atoms with van der Waals surface area (Å²) < 4.78 is 5.52. The van der Waals surface area contributed by atoms with Gasteiger partial charge in [-0.3, -0.25) is 0 Å². The minimum atomic E-state index is -0.428. The second-order valence-electron chi connectivity index (χ2n) is 3.43. The van der Waals surface area contributed by atoms with Crippen LogP contribution in [-0.2, 0) is 4.74 Å². The van der Waals surface area contributed by atoms with Crippen LogP contribution in [0.3, 0.4) is 0 Å². The van der Waals surface area contributed by atoms with Gasteiger partial charge in [0.2, 0.25) is 0 Å². The molecule has 1 N–H and O–H groups in total. The number of hydrogen-bond donors (Lipinski definition) is 1. The van der Waals surface area contributed by atoms with E-state index in [0.717, 1.165) is 20.9 Å². The lowest BCUT2D eigenvalue weighted by molar-refractivity contribution is 0.0601. The first kappa shape index (κ1) is 11.5. The number of nitrogens with one attached hydrogen (secondary N) is 1. The quantitative estimate of drug-likeness (QED) is 0.817. The van der Waals surface area contributed by atoms with Crippen molar-refractivity contribution in [3.63, 3.8) is 0 Å². The van der Waals surface area contributed by atoms with Crippen molar-refractivity contribution in [1.82, 2.24) is 4.98 Å². The van der Waals surface area contributed by atoms with Crippen molar-refractivity contribution in [3.05, 3.63) is 32.9 Å². The summed E-state index contributed by atoms with van der Waals surface area (Å²) in [5.74, 6) is -0.428. The smallest absolute Gasteiger partial charge is 0.339 e. The third kappa shape index (κ3) is 1.62.